The van der Waals surface area contributed by atoms with Gasteiger partial charge in [-0.3, -0.25) is 9.88 Å². The molecular weight excluding hydrogens is 589 g/mol. The van der Waals surface area contributed by atoms with Gasteiger partial charge in [-0.1, -0.05) is 47.5 Å². The molecular formula is C32H33Cl2N5O4. The Hall–Kier alpha value is -4.05. The predicted octanol–water partition coefficient (Wildman–Crippen LogP) is 6.54. The first kappa shape index (κ1) is 30.4. The second-order valence-electron chi connectivity index (χ2n) is 10.3. The van der Waals surface area contributed by atoms with Crippen molar-refractivity contribution in [3.05, 3.63) is 93.1 Å². The highest BCUT2D eigenvalue weighted by molar-refractivity contribution is 6.42. The number of benzene rings is 3. The van der Waals surface area contributed by atoms with Crippen molar-refractivity contribution in [3.8, 4) is 11.5 Å². The molecule has 0 saturated heterocycles. The van der Waals surface area contributed by atoms with Crippen molar-refractivity contribution in [2.24, 2.45) is 0 Å². The summed E-state index contributed by atoms with van der Waals surface area (Å²) in [5, 5.41) is 10.3. The lowest BCUT2D eigenvalue weighted by Crippen LogP contribution is -2.42. The van der Waals surface area contributed by atoms with Gasteiger partial charge in [0.25, 0.3) is 0 Å². The van der Waals surface area contributed by atoms with Crippen LogP contribution in [0.3, 0.4) is 0 Å². The third-order valence-corrected chi connectivity index (χ3v) is 8.23. The highest BCUT2D eigenvalue weighted by atomic mass is 35.5. The summed E-state index contributed by atoms with van der Waals surface area (Å²) in [7, 11) is 3.05. The van der Waals surface area contributed by atoms with Gasteiger partial charge in [0.05, 0.1) is 28.4 Å². The van der Waals surface area contributed by atoms with Crippen molar-refractivity contribution in [2.75, 3.05) is 39.1 Å². The second kappa shape index (κ2) is 13.5. The van der Waals surface area contributed by atoms with Gasteiger partial charge in [-0.2, -0.15) is 0 Å². The molecule has 1 aliphatic heterocycles. The van der Waals surface area contributed by atoms with Crippen LogP contribution in [-0.2, 0) is 12.8 Å². The van der Waals surface area contributed by atoms with E-state index in [0.29, 0.717) is 46.7 Å². The Morgan fingerprint density at radius 3 is 2.63 bits per heavy atom. The number of para-hydroxylation sites is 1. The lowest BCUT2D eigenvalue weighted by atomic mass is 9.88. The number of carbonyl (C=O) groups is 2. The molecule has 9 nitrogen and oxygen atoms in total. The summed E-state index contributed by atoms with van der Waals surface area (Å²) in [6, 6.07) is 18.6. The number of halogens is 2. The van der Waals surface area contributed by atoms with E-state index in [1.54, 1.807) is 13.2 Å². The summed E-state index contributed by atoms with van der Waals surface area (Å²) < 4.78 is 11.1. The van der Waals surface area contributed by atoms with Gasteiger partial charge < -0.3 is 25.4 Å². The molecule has 3 amide bonds. The summed E-state index contributed by atoms with van der Waals surface area (Å²) in [6.45, 7) is 3.67. The van der Waals surface area contributed by atoms with Gasteiger partial charge in [-0.05, 0) is 72.9 Å². The van der Waals surface area contributed by atoms with E-state index in [-0.39, 0.29) is 12.1 Å². The van der Waals surface area contributed by atoms with Crippen LogP contribution < -0.4 is 25.4 Å². The van der Waals surface area contributed by atoms with E-state index in [2.05, 4.69) is 25.8 Å². The van der Waals surface area contributed by atoms with E-state index >= 15 is 0 Å². The monoisotopic (exact) mass is 621 g/mol. The topological polar surface area (TPSA) is 105 Å². The average Bonchev–Trinajstić information content (AvgIpc) is 2.99. The van der Waals surface area contributed by atoms with Gasteiger partial charge in [0, 0.05) is 43.8 Å². The maximum Gasteiger partial charge on any atom is 0.412 e. The van der Waals surface area contributed by atoms with Gasteiger partial charge in [-0.15, -0.1) is 0 Å². The number of aryl methyl sites for hydroxylation is 1. The number of nitrogens with one attached hydrogen (secondary N) is 3. The molecule has 224 valence electrons. The Balaban J connectivity index is 1.35. The molecule has 43 heavy (non-hydrogen) atoms. The Kier molecular flexibility index (Phi) is 9.55. The van der Waals surface area contributed by atoms with Crippen LogP contribution in [0.15, 0.2) is 60.7 Å². The first-order valence-corrected chi connectivity index (χ1v) is 14.7. The molecule has 5 rings (SSSR count). The fourth-order valence-electron chi connectivity index (χ4n) is 5.44. The largest absolute Gasteiger partial charge is 0.493 e. The fraction of sp³-hybridized carbons (Fsp3) is 0.281. The first-order chi connectivity index (χ1) is 20.7. The second-order valence-corrected chi connectivity index (χ2v) is 11.1. The van der Waals surface area contributed by atoms with Crippen LogP contribution in [0.2, 0.25) is 10.0 Å². The number of rotatable bonds is 8. The highest BCUT2D eigenvalue weighted by Gasteiger charge is 2.30. The standard InChI is InChI=1S/C32H33Cl2N5O4/c1-19-14-27(22-6-4-5-7-26(22)37-19)38-31(40)36-11-13-39-12-10-21-17-29(42-3)30(43-32(41)35-2)18-23(21)28(39)16-20-8-9-24(33)25(34)15-20/h4-9,14-15,17-18,28H,10-13,16H2,1-3H3,(H,35,41)(H2,36,37,38,40). The highest BCUT2D eigenvalue weighted by Crippen LogP contribution is 2.40. The normalized spacial score (nSPS) is 14.6. The SMILES string of the molecule is CNC(=O)Oc1cc2c(cc1OC)CCN(CCNC(=O)Nc1cc(C)nc3ccccc13)C2Cc1ccc(Cl)c(Cl)c1. The number of ether oxygens (including phenoxy) is 2. The summed E-state index contributed by atoms with van der Waals surface area (Å²) in [4.78, 5) is 31.9. The smallest absolute Gasteiger partial charge is 0.412 e. The molecule has 2 heterocycles. The molecule has 1 aliphatic rings. The molecule has 3 aromatic carbocycles. The fourth-order valence-corrected chi connectivity index (χ4v) is 5.76. The number of amides is 3. The molecule has 0 spiro atoms. The number of urea groups is 1. The minimum absolute atomic E-state index is 0.0874. The molecule has 0 saturated carbocycles. The molecule has 1 atom stereocenters. The lowest BCUT2D eigenvalue weighted by molar-refractivity contribution is 0.182. The summed E-state index contributed by atoms with van der Waals surface area (Å²) in [5.41, 5.74) is 5.48. The van der Waals surface area contributed by atoms with Crippen molar-refractivity contribution >= 4 is 51.9 Å². The van der Waals surface area contributed by atoms with E-state index in [4.69, 9.17) is 32.7 Å². The van der Waals surface area contributed by atoms with Crippen LogP contribution in [0, 0.1) is 6.92 Å². The number of nitrogens with zero attached hydrogens (tertiary/aromatic N) is 2. The number of carbonyl (C=O) groups excluding carboxylic acids is 2. The van der Waals surface area contributed by atoms with Crippen molar-refractivity contribution in [3.63, 3.8) is 0 Å². The Morgan fingerprint density at radius 2 is 1.86 bits per heavy atom. The molecule has 0 aliphatic carbocycles. The number of hydrogen-bond donors (Lipinski definition) is 3. The van der Waals surface area contributed by atoms with Crippen LogP contribution in [0.5, 0.6) is 11.5 Å². The van der Waals surface area contributed by atoms with Gasteiger partial charge in [-0.25, -0.2) is 9.59 Å². The van der Waals surface area contributed by atoms with Crippen LogP contribution in [-0.4, -0.2) is 55.8 Å². The summed E-state index contributed by atoms with van der Waals surface area (Å²) in [5.74, 6) is 0.820. The molecule has 1 aromatic heterocycles. The molecule has 3 N–H and O–H groups in total. The molecule has 4 aromatic rings. The van der Waals surface area contributed by atoms with Crippen LogP contribution in [0.4, 0.5) is 15.3 Å². The van der Waals surface area contributed by atoms with Crippen molar-refractivity contribution < 1.29 is 19.1 Å². The van der Waals surface area contributed by atoms with E-state index < -0.39 is 6.09 Å². The Bertz CT molecular complexity index is 1660. The molecule has 1 unspecified atom stereocenters. The molecule has 11 heteroatoms. The van der Waals surface area contributed by atoms with E-state index in [1.807, 2.05) is 61.5 Å². The minimum atomic E-state index is -0.584. The zero-order valence-corrected chi connectivity index (χ0v) is 25.7. The van der Waals surface area contributed by atoms with Gasteiger partial charge in [0.2, 0.25) is 0 Å². The van der Waals surface area contributed by atoms with E-state index in [0.717, 1.165) is 46.3 Å². The number of methoxy groups -OCH3 is 1. The molecule has 0 bridgehead atoms. The number of aromatic nitrogens is 1. The number of anilines is 1. The third kappa shape index (κ3) is 7.13. The zero-order chi connectivity index (χ0) is 30.5. The minimum Gasteiger partial charge on any atom is -0.493 e. The first-order valence-electron chi connectivity index (χ1n) is 13.9. The van der Waals surface area contributed by atoms with Gasteiger partial charge in [0.1, 0.15) is 0 Å². The Labute approximate surface area is 260 Å². The Morgan fingerprint density at radius 1 is 1.05 bits per heavy atom. The van der Waals surface area contributed by atoms with E-state index in [1.165, 1.54) is 7.05 Å². The van der Waals surface area contributed by atoms with Crippen LogP contribution >= 0.6 is 23.2 Å². The third-order valence-electron chi connectivity index (χ3n) is 7.49. The zero-order valence-electron chi connectivity index (χ0n) is 24.2. The van der Waals surface area contributed by atoms with E-state index in [9.17, 15) is 9.59 Å². The molecule has 0 fully saturated rings. The number of fused-ring (bicyclic) bond motifs is 2. The predicted molar refractivity (Wildman–Crippen MR) is 170 cm³/mol. The maximum atomic E-state index is 12.9. The average molecular weight is 623 g/mol. The summed E-state index contributed by atoms with van der Waals surface area (Å²) in [6.07, 6.45) is 0.807. The van der Waals surface area contributed by atoms with Crippen LogP contribution in [0.25, 0.3) is 10.9 Å². The van der Waals surface area contributed by atoms with Gasteiger partial charge in [0.15, 0.2) is 11.5 Å². The summed E-state index contributed by atoms with van der Waals surface area (Å²) >= 11 is 12.5. The molecule has 0 radical (unpaired) electrons. The van der Waals surface area contributed by atoms with Crippen molar-refractivity contribution in [1.29, 1.82) is 0 Å². The lowest BCUT2D eigenvalue weighted by Gasteiger charge is -2.38. The maximum absolute atomic E-state index is 12.9. The quantitative estimate of drug-likeness (QED) is 0.206. The van der Waals surface area contributed by atoms with Crippen molar-refractivity contribution in [2.45, 2.75) is 25.8 Å². The number of pyridine rings is 1. The van der Waals surface area contributed by atoms with Gasteiger partial charge >= 0.3 is 12.1 Å². The van der Waals surface area contributed by atoms with Crippen molar-refractivity contribution in [1.82, 2.24) is 20.5 Å². The number of hydrogen-bond acceptors (Lipinski definition) is 6. The van der Waals surface area contributed by atoms with Crippen LogP contribution in [0.1, 0.15) is 28.4 Å².